The van der Waals surface area contributed by atoms with E-state index in [2.05, 4.69) is 0 Å². The summed E-state index contributed by atoms with van der Waals surface area (Å²) in [5, 5.41) is 0. The van der Waals surface area contributed by atoms with Crippen molar-refractivity contribution in [1.29, 1.82) is 0 Å². The first kappa shape index (κ1) is 14.3. The van der Waals surface area contributed by atoms with Gasteiger partial charge in [0.05, 0.1) is 23.2 Å². The van der Waals surface area contributed by atoms with Gasteiger partial charge in [-0.1, -0.05) is 0 Å². The molecule has 0 radical (unpaired) electrons. The highest BCUT2D eigenvalue weighted by Crippen LogP contribution is 2.14. The average molecular weight is 288 g/mol. The van der Waals surface area contributed by atoms with Crippen LogP contribution in [0.15, 0.2) is 18.2 Å². The van der Waals surface area contributed by atoms with E-state index in [1.807, 2.05) is 0 Å². The van der Waals surface area contributed by atoms with Gasteiger partial charge in [-0.05, 0) is 25.0 Å². The Labute approximate surface area is 112 Å². The first-order valence-electron chi connectivity index (χ1n) is 6.01. The van der Waals surface area contributed by atoms with Crippen LogP contribution in [0.25, 0.3) is 0 Å². The Balaban J connectivity index is 1.94. The van der Waals surface area contributed by atoms with E-state index in [9.17, 15) is 17.8 Å². The minimum absolute atomic E-state index is 0.0771. The first-order valence-corrected chi connectivity index (χ1v) is 7.50. The number of hydrogen-bond donors (Lipinski definition) is 0. The summed E-state index contributed by atoms with van der Waals surface area (Å²) in [6.07, 6.45) is 1.69. The molecule has 3 nitrogen and oxygen atoms in total. The Kier molecular flexibility index (Phi) is 4.76. The second-order valence-electron chi connectivity index (χ2n) is 4.43. The van der Waals surface area contributed by atoms with Crippen molar-refractivity contribution in [1.82, 2.24) is 0 Å². The van der Waals surface area contributed by atoms with Crippen LogP contribution < -0.4 is 0 Å². The lowest BCUT2D eigenvalue weighted by molar-refractivity contribution is 0.101. The van der Waals surface area contributed by atoms with Gasteiger partial charge in [0.1, 0.15) is 11.6 Å². The van der Waals surface area contributed by atoms with E-state index in [0.717, 1.165) is 25.0 Å². The fourth-order valence-corrected chi connectivity index (χ4v) is 3.22. The molecule has 1 heterocycles. The first-order chi connectivity index (χ1) is 9.06. The highest BCUT2D eigenvalue weighted by Gasteiger charge is 2.21. The SMILES string of the molecule is O=C(CS(=O)CC1CCCO1)c1ccc(F)cc1F. The van der Waals surface area contributed by atoms with Crippen molar-refractivity contribution in [3.63, 3.8) is 0 Å². The van der Waals surface area contributed by atoms with Crippen molar-refractivity contribution < 1.29 is 22.5 Å². The van der Waals surface area contributed by atoms with Crippen LogP contribution in [0.5, 0.6) is 0 Å². The molecule has 1 aromatic carbocycles. The summed E-state index contributed by atoms with van der Waals surface area (Å²) in [6, 6.07) is 2.74. The van der Waals surface area contributed by atoms with E-state index in [-0.39, 0.29) is 23.2 Å². The van der Waals surface area contributed by atoms with Gasteiger partial charge in [0.25, 0.3) is 0 Å². The maximum atomic E-state index is 13.4. The van der Waals surface area contributed by atoms with Gasteiger partial charge in [-0.25, -0.2) is 8.78 Å². The molecule has 1 aromatic rings. The predicted octanol–water partition coefficient (Wildman–Crippen LogP) is 2.08. The standard InChI is InChI=1S/C13H14F2O3S/c14-9-3-4-11(12(15)6-9)13(16)8-19(17)7-10-2-1-5-18-10/h3-4,6,10H,1-2,5,7-8H2. The summed E-state index contributed by atoms with van der Waals surface area (Å²) in [5.41, 5.74) is -0.220. The number of benzene rings is 1. The smallest absolute Gasteiger partial charge is 0.178 e. The zero-order valence-electron chi connectivity index (χ0n) is 10.2. The summed E-state index contributed by atoms with van der Waals surface area (Å²) in [6.45, 7) is 0.655. The average Bonchev–Trinajstić information content (AvgIpc) is 2.81. The Morgan fingerprint density at radius 3 is 2.84 bits per heavy atom. The van der Waals surface area contributed by atoms with Crippen molar-refractivity contribution >= 4 is 16.6 Å². The summed E-state index contributed by atoms with van der Waals surface area (Å²) in [4.78, 5) is 11.8. The van der Waals surface area contributed by atoms with Crippen LogP contribution in [-0.4, -0.2) is 34.2 Å². The number of carbonyl (C=O) groups is 1. The lowest BCUT2D eigenvalue weighted by Gasteiger charge is -2.08. The molecule has 0 aromatic heterocycles. The molecule has 6 heteroatoms. The number of ketones is 1. The number of hydrogen-bond acceptors (Lipinski definition) is 3. The normalized spacial score (nSPS) is 20.4. The predicted molar refractivity (Wildman–Crippen MR) is 67.5 cm³/mol. The van der Waals surface area contributed by atoms with Crippen molar-refractivity contribution in [2.75, 3.05) is 18.1 Å². The quantitative estimate of drug-likeness (QED) is 0.779. The molecular formula is C13H14F2O3S. The van der Waals surface area contributed by atoms with Crippen molar-refractivity contribution in [3.05, 3.63) is 35.4 Å². The van der Waals surface area contributed by atoms with Crippen LogP contribution in [0.4, 0.5) is 8.78 Å². The minimum atomic E-state index is -1.39. The largest absolute Gasteiger partial charge is 0.377 e. The van der Waals surface area contributed by atoms with Crippen LogP contribution in [0.2, 0.25) is 0 Å². The second-order valence-corrected chi connectivity index (χ2v) is 5.93. The lowest BCUT2D eigenvalue weighted by atomic mass is 10.1. The molecule has 2 rings (SSSR count). The van der Waals surface area contributed by atoms with Gasteiger partial charge in [0.15, 0.2) is 5.78 Å². The Morgan fingerprint density at radius 2 is 2.21 bits per heavy atom. The van der Waals surface area contributed by atoms with Gasteiger partial charge in [-0.2, -0.15) is 0 Å². The van der Waals surface area contributed by atoms with Gasteiger partial charge in [-0.3, -0.25) is 9.00 Å². The Morgan fingerprint density at radius 1 is 1.42 bits per heavy atom. The molecule has 0 aliphatic carbocycles. The molecule has 2 atom stereocenters. The molecule has 0 amide bonds. The molecule has 2 unspecified atom stereocenters. The van der Waals surface area contributed by atoms with E-state index in [4.69, 9.17) is 4.74 Å². The van der Waals surface area contributed by atoms with E-state index >= 15 is 0 Å². The Hall–Kier alpha value is -1.14. The zero-order valence-corrected chi connectivity index (χ0v) is 11.1. The van der Waals surface area contributed by atoms with Gasteiger partial charge in [0, 0.05) is 23.5 Å². The van der Waals surface area contributed by atoms with Gasteiger partial charge < -0.3 is 4.74 Å². The minimum Gasteiger partial charge on any atom is -0.377 e. The number of carbonyl (C=O) groups excluding carboxylic acids is 1. The zero-order chi connectivity index (χ0) is 13.8. The maximum absolute atomic E-state index is 13.4. The lowest BCUT2D eigenvalue weighted by Crippen LogP contribution is -2.21. The summed E-state index contributed by atoms with van der Waals surface area (Å²) < 4.78 is 43.2. The van der Waals surface area contributed by atoms with Gasteiger partial charge >= 0.3 is 0 Å². The summed E-state index contributed by atoms with van der Waals surface area (Å²) >= 11 is 0. The highest BCUT2D eigenvalue weighted by molar-refractivity contribution is 7.85. The van der Waals surface area contributed by atoms with Gasteiger partial charge in [0.2, 0.25) is 0 Å². The molecule has 0 N–H and O–H groups in total. The number of halogens is 2. The third-order valence-corrected chi connectivity index (χ3v) is 4.25. The number of rotatable bonds is 5. The van der Waals surface area contributed by atoms with Crippen molar-refractivity contribution in [3.8, 4) is 0 Å². The van der Waals surface area contributed by atoms with Crippen LogP contribution >= 0.6 is 0 Å². The molecule has 104 valence electrons. The monoisotopic (exact) mass is 288 g/mol. The van der Waals surface area contributed by atoms with Crippen LogP contribution in [-0.2, 0) is 15.5 Å². The second kappa shape index (κ2) is 6.34. The highest BCUT2D eigenvalue weighted by atomic mass is 32.2. The maximum Gasteiger partial charge on any atom is 0.178 e. The molecule has 19 heavy (non-hydrogen) atoms. The third kappa shape index (κ3) is 3.91. The van der Waals surface area contributed by atoms with Crippen LogP contribution in [0.3, 0.4) is 0 Å². The van der Waals surface area contributed by atoms with Crippen molar-refractivity contribution in [2.45, 2.75) is 18.9 Å². The van der Waals surface area contributed by atoms with E-state index in [1.54, 1.807) is 0 Å². The third-order valence-electron chi connectivity index (χ3n) is 2.92. The fraction of sp³-hybridized carbons (Fsp3) is 0.462. The molecule has 0 spiro atoms. The van der Waals surface area contributed by atoms with Crippen molar-refractivity contribution in [2.24, 2.45) is 0 Å². The molecule has 0 saturated carbocycles. The van der Waals surface area contributed by atoms with Crippen LogP contribution in [0.1, 0.15) is 23.2 Å². The van der Waals surface area contributed by atoms with E-state index in [0.29, 0.717) is 12.7 Å². The number of Topliss-reactive ketones (excluding diaryl/α,β-unsaturated/α-hetero) is 1. The number of ether oxygens (including phenoxy) is 1. The summed E-state index contributed by atoms with van der Waals surface area (Å²) in [5.74, 6) is -2.21. The molecule has 1 aliphatic rings. The van der Waals surface area contributed by atoms with Crippen LogP contribution in [0, 0.1) is 11.6 Å². The van der Waals surface area contributed by atoms with E-state index in [1.165, 1.54) is 0 Å². The molecule has 0 bridgehead atoms. The molecular weight excluding hydrogens is 274 g/mol. The Bertz CT molecular complexity index is 499. The van der Waals surface area contributed by atoms with Gasteiger partial charge in [-0.15, -0.1) is 0 Å². The molecule has 1 aliphatic heterocycles. The molecule has 1 saturated heterocycles. The summed E-state index contributed by atoms with van der Waals surface area (Å²) in [7, 11) is -1.39. The topological polar surface area (TPSA) is 43.4 Å². The van der Waals surface area contributed by atoms with E-state index < -0.39 is 28.2 Å². The molecule has 1 fully saturated rings. The fourth-order valence-electron chi connectivity index (χ4n) is 1.98.